The molecule has 0 unspecified atom stereocenters. The number of aromatic nitrogens is 4. The van der Waals surface area contributed by atoms with E-state index in [0.717, 1.165) is 117 Å². The lowest BCUT2D eigenvalue weighted by Crippen LogP contribution is -1.99. The van der Waals surface area contributed by atoms with Crippen LogP contribution in [0.3, 0.4) is 0 Å². The number of nitrogens with zero attached hydrogens (tertiary/aromatic N) is 4. The van der Waals surface area contributed by atoms with Crippen LogP contribution in [0.15, 0.2) is 315 Å². The molecule has 18 rings (SSSR count). The highest BCUT2D eigenvalue weighted by molar-refractivity contribution is 6.22. The fourth-order valence-electron chi connectivity index (χ4n) is 14.1. The van der Waals surface area contributed by atoms with Crippen LogP contribution >= 0.6 is 0 Å². The maximum atomic E-state index is 5.80. The van der Waals surface area contributed by atoms with E-state index in [1.54, 1.807) is 0 Å². The fourth-order valence-corrected chi connectivity index (χ4v) is 14.1. The summed E-state index contributed by atoms with van der Waals surface area (Å²) in [7, 11) is 0. The Balaban J connectivity index is 0.865. The summed E-state index contributed by atoms with van der Waals surface area (Å²) in [6.45, 7) is 0. The van der Waals surface area contributed by atoms with Gasteiger partial charge in [-0.15, -0.1) is 0 Å². The monoisotopic (exact) mass is 1140 g/mol. The minimum atomic E-state index is 0.633. The van der Waals surface area contributed by atoms with Crippen LogP contribution < -0.4 is 0 Å². The first-order chi connectivity index (χ1) is 44.6. The lowest BCUT2D eigenvalue weighted by atomic mass is 9.88. The number of pyridine rings is 2. The molecule has 0 saturated heterocycles. The first-order valence-electron chi connectivity index (χ1n) is 30.8. The van der Waals surface area contributed by atoms with Crippen molar-refractivity contribution in [2.24, 2.45) is 0 Å². The van der Waals surface area contributed by atoms with Crippen molar-refractivity contribution in [2.75, 3.05) is 0 Å². The highest BCUT2D eigenvalue weighted by atomic mass is 14.9. The zero-order chi connectivity index (χ0) is 59.2. The molecular weight excluding hydrogens is 1090 g/mol. The molecule has 4 nitrogen and oxygen atoms in total. The summed E-state index contributed by atoms with van der Waals surface area (Å²) in [6, 6.07) is 114. The molecule has 0 spiro atoms. The first-order valence-corrected chi connectivity index (χ1v) is 30.8. The minimum absolute atomic E-state index is 0.633. The van der Waals surface area contributed by atoms with Crippen molar-refractivity contribution in [3.8, 4) is 157 Å². The van der Waals surface area contributed by atoms with E-state index in [-0.39, 0.29) is 0 Å². The van der Waals surface area contributed by atoms with Crippen molar-refractivity contribution in [3.63, 3.8) is 0 Å². The summed E-state index contributed by atoms with van der Waals surface area (Å²) >= 11 is 0. The van der Waals surface area contributed by atoms with E-state index in [2.05, 4.69) is 309 Å². The van der Waals surface area contributed by atoms with Gasteiger partial charge in [-0.2, -0.15) is 0 Å². The Morgan fingerprint density at radius 2 is 0.522 bits per heavy atom. The highest BCUT2D eigenvalue weighted by Gasteiger charge is 2.27. The van der Waals surface area contributed by atoms with Gasteiger partial charge in [-0.05, 0) is 141 Å². The van der Waals surface area contributed by atoms with E-state index in [1.807, 2.05) is 6.07 Å². The van der Waals surface area contributed by atoms with Crippen LogP contribution in [0.1, 0.15) is 0 Å². The molecule has 0 N–H and O–H groups in total. The Labute approximate surface area is 521 Å². The third-order valence-corrected chi connectivity index (χ3v) is 18.4. The normalized spacial score (nSPS) is 11.8. The molecule has 416 valence electrons. The predicted octanol–water partition coefficient (Wildman–Crippen LogP) is 22.7. The zero-order valence-electron chi connectivity index (χ0n) is 48.8. The maximum absolute atomic E-state index is 5.80. The van der Waals surface area contributed by atoms with Crippen LogP contribution in [0.25, 0.3) is 189 Å². The molecule has 90 heavy (non-hydrogen) atoms. The fraction of sp³-hybridized carbons (Fsp3) is 0. The van der Waals surface area contributed by atoms with Gasteiger partial charge in [-0.3, -0.25) is 0 Å². The second-order valence-corrected chi connectivity index (χ2v) is 23.6. The summed E-state index contributed by atoms with van der Waals surface area (Å²) in [4.78, 5) is 22.1. The van der Waals surface area contributed by atoms with Gasteiger partial charge in [-0.25, -0.2) is 19.9 Å². The lowest BCUT2D eigenvalue weighted by Gasteiger charge is -2.18. The third kappa shape index (κ3) is 8.53. The summed E-state index contributed by atoms with van der Waals surface area (Å²) in [5.41, 5.74) is 30.4. The van der Waals surface area contributed by atoms with Gasteiger partial charge in [0, 0.05) is 44.3 Å². The van der Waals surface area contributed by atoms with Crippen molar-refractivity contribution >= 4 is 32.4 Å². The van der Waals surface area contributed by atoms with Crippen LogP contribution in [0.4, 0.5) is 0 Å². The number of rotatable bonds is 10. The van der Waals surface area contributed by atoms with Gasteiger partial charge in [0.15, 0.2) is 5.82 Å². The smallest absolute Gasteiger partial charge is 0.160 e. The lowest BCUT2D eigenvalue weighted by molar-refractivity contribution is 1.23. The average Bonchev–Trinajstić information content (AvgIpc) is 1.47. The van der Waals surface area contributed by atoms with Crippen molar-refractivity contribution in [2.45, 2.75) is 0 Å². The minimum Gasteiger partial charge on any atom is -0.248 e. The molecule has 3 heterocycles. The first kappa shape index (κ1) is 51.3. The molecule has 0 radical (unpaired) electrons. The highest BCUT2D eigenvalue weighted by Crippen LogP contribution is 2.53. The third-order valence-electron chi connectivity index (χ3n) is 18.4. The summed E-state index contributed by atoms with van der Waals surface area (Å²) in [5.74, 6) is 0.633. The van der Waals surface area contributed by atoms with Crippen LogP contribution in [0.5, 0.6) is 0 Å². The molecule has 16 aromatic rings. The Bertz CT molecular complexity index is 5370. The Kier molecular flexibility index (Phi) is 11.9. The molecule has 0 fully saturated rings. The Hall–Kier alpha value is -12.0. The number of hydrogen-bond donors (Lipinski definition) is 0. The van der Waals surface area contributed by atoms with Gasteiger partial charge in [-0.1, -0.05) is 279 Å². The van der Waals surface area contributed by atoms with E-state index in [1.165, 1.54) is 66.1 Å². The van der Waals surface area contributed by atoms with Crippen molar-refractivity contribution in [1.82, 2.24) is 19.9 Å². The molecular formula is C86H52N4. The number of benzene rings is 13. The van der Waals surface area contributed by atoms with E-state index in [9.17, 15) is 0 Å². The molecule has 0 amide bonds. The molecule has 0 atom stereocenters. The van der Waals surface area contributed by atoms with E-state index in [4.69, 9.17) is 19.9 Å². The average molecular weight is 1140 g/mol. The largest absolute Gasteiger partial charge is 0.248 e. The maximum Gasteiger partial charge on any atom is 0.160 e. The van der Waals surface area contributed by atoms with E-state index >= 15 is 0 Å². The van der Waals surface area contributed by atoms with Crippen LogP contribution in [-0.2, 0) is 0 Å². The number of hydrogen-bond acceptors (Lipinski definition) is 4. The predicted molar refractivity (Wildman–Crippen MR) is 373 cm³/mol. The molecule has 13 aromatic carbocycles. The van der Waals surface area contributed by atoms with Gasteiger partial charge in [0.05, 0.1) is 34.0 Å². The molecule has 3 aromatic heterocycles. The molecule has 0 aliphatic heterocycles. The van der Waals surface area contributed by atoms with Crippen LogP contribution in [0.2, 0.25) is 0 Å². The van der Waals surface area contributed by atoms with Gasteiger partial charge in [0.1, 0.15) is 0 Å². The van der Waals surface area contributed by atoms with Crippen molar-refractivity contribution in [3.05, 3.63) is 315 Å². The van der Waals surface area contributed by atoms with E-state index < -0.39 is 0 Å². The molecule has 0 bridgehead atoms. The standard InChI is InChI=1S/C86H52N4/c1-5-19-53(20-6-1)61-49-78(55-21-7-2-8-22-55)88-81(50-61)58-37-41-60(42-38-58)86-89-84(59-39-35-54(36-40-59)62-51-79(56-23-9-3-10-24-56)87-80(52-62)57-25-11-4-12-26-57)77-48-63(64-43-45-74-67-29-15-13-27-65(67)71-32-17-31-70(64)82(71)74)47-76(85(77)90-86)69-44-46-75-68-30-16-14-28-66(68)72-33-18-34-73(69)83(72)75/h1-52H. The Morgan fingerprint density at radius 1 is 0.167 bits per heavy atom. The van der Waals surface area contributed by atoms with Gasteiger partial charge >= 0.3 is 0 Å². The second kappa shape index (κ2) is 20.9. The van der Waals surface area contributed by atoms with Crippen molar-refractivity contribution < 1.29 is 0 Å². The Morgan fingerprint density at radius 3 is 1.01 bits per heavy atom. The summed E-state index contributed by atoms with van der Waals surface area (Å²) < 4.78 is 0. The van der Waals surface area contributed by atoms with Gasteiger partial charge in [0.25, 0.3) is 0 Å². The summed E-state index contributed by atoms with van der Waals surface area (Å²) in [5, 5.41) is 5.92. The van der Waals surface area contributed by atoms with Gasteiger partial charge < -0.3 is 0 Å². The topological polar surface area (TPSA) is 51.6 Å². The molecule has 2 aliphatic rings. The number of fused-ring (bicyclic) bond motifs is 7. The molecule has 2 aliphatic carbocycles. The molecule has 0 saturated carbocycles. The SMILES string of the molecule is c1ccc(-c2cc(-c3ccccc3)nc(-c3ccc(-c4nc(-c5ccc(-c6cc(-c7ccccc7)nc(-c7ccccc7)c6)cc5)c5cc(-c6ccc7c8c(cccc68)-c6ccccc6-7)cc(-c6ccc7c8c(cccc68)-c6ccccc6-7)c5n4)cc3)c2)cc1. The molecule has 4 heteroatoms. The second-order valence-electron chi connectivity index (χ2n) is 23.6. The van der Waals surface area contributed by atoms with Crippen LogP contribution in [0, 0.1) is 0 Å². The summed E-state index contributed by atoms with van der Waals surface area (Å²) in [6.07, 6.45) is 0. The van der Waals surface area contributed by atoms with Crippen molar-refractivity contribution in [1.29, 1.82) is 0 Å². The zero-order valence-corrected chi connectivity index (χ0v) is 48.8. The van der Waals surface area contributed by atoms with Crippen LogP contribution in [-0.4, -0.2) is 19.9 Å². The van der Waals surface area contributed by atoms with Gasteiger partial charge in [0.2, 0.25) is 0 Å². The van der Waals surface area contributed by atoms with E-state index in [0.29, 0.717) is 5.82 Å². The quantitative estimate of drug-likeness (QED) is 0.137.